The Bertz CT molecular complexity index is 595. The Morgan fingerprint density at radius 3 is 2.59 bits per heavy atom. The summed E-state index contributed by atoms with van der Waals surface area (Å²) >= 11 is 0. The van der Waals surface area contributed by atoms with Crippen molar-refractivity contribution in [1.29, 1.82) is 0 Å². The number of hydrogen-bond donors (Lipinski definition) is 2. The van der Waals surface area contributed by atoms with Crippen LogP contribution in [0.25, 0.3) is 0 Å². The number of ether oxygens (including phenoxy) is 1. The molecule has 0 aromatic heterocycles. The van der Waals surface area contributed by atoms with E-state index in [-0.39, 0.29) is 24.0 Å². The highest BCUT2D eigenvalue weighted by Crippen LogP contribution is 2.30. The Hall–Kier alpha value is -0.670. The van der Waals surface area contributed by atoms with Crippen LogP contribution < -0.4 is 10.6 Å². The molecule has 2 atom stereocenters. The zero-order chi connectivity index (χ0) is 20.0. The molecule has 1 aromatic rings. The summed E-state index contributed by atoms with van der Waals surface area (Å²) in [6.45, 7) is 7.14. The Labute approximate surface area is 196 Å². The fraction of sp³-hybridized carbons (Fsp3) is 0.682. The minimum atomic E-state index is -0.874. The average molecular weight is 536 g/mol. The molecule has 0 amide bonds. The molecule has 7 heteroatoms. The van der Waals surface area contributed by atoms with Gasteiger partial charge < -0.3 is 15.4 Å². The third kappa shape index (κ3) is 10.8. The predicted octanol–water partition coefficient (Wildman–Crippen LogP) is 4.09. The minimum absolute atomic E-state index is 0. The van der Waals surface area contributed by atoms with Crippen LogP contribution in [0, 0.1) is 5.92 Å². The van der Waals surface area contributed by atoms with E-state index in [1.54, 1.807) is 0 Å². The maximum Gasteiger partial charge on any atom is 0.191 e. The number of rotatable bonds is 12. The van der Waals surface area contributed by atoms with Crippen molar-refractivity contribution in [2.24, 2.45) is 10.9 Å². The third-order valence-electron chi connectivity index (χ3n) is 5.13. The molecule has 0 radical (unpaired) electrons. The zero-order valence-corrected chi connectivity index (χ0v) is 21.0. The highest BCUT2D eigenvalue weighted by atomic mass is 127. The molecule has 1 aliphatic carbocycles. The normalized spacial score (nSPS) is 16.8. The van der Waals surface area contributed by atoms with Crippen LogP contribution in [-0.2, 0) is 21.3 Å². The largest absolute Gasteiger partial charge is 0.378 e. The van der Waals surface area contributed by atoms with Gasteiger partial charge in [-0.15, -0.1) is 24.0 Å². The second kappa shape index (κ2) is 16.1. The highest BCUT2D eigenvalue weighted by Gasteiger charge is 2.24. The predicted molar refractivity (Wildman–Crippen MR) is 135 cm³/mol. The molecule has 2 N–H and O–H groups in total. The SMILES string of the molecule is CCNC(=NCCC(OCC)C1CCCC1)NCCS(=O)Cc1ccccc1.I. The maximum atomic E-state index is 12.3. The molecule has 1 fully saturated rings. The lowest BCUT2D eigenvalue weighted by molar-refractivity contribution is 0.0177. The van der Waals surface area contributed by atoms with E-state index in [1.807, 2.05) is 30.3 Å². The number of halogens is 1. The summed E-state index contributed by atoms with van der Waals surface area (Å²) in [5.41, 5.74) is 1.12. The molecule has 0 aliphatic heterocycles. The molecular formula is C22H38IN3O2S. The van der Waals surface area contributed by atoms with Gasteiger partial charge in [0.15, 0.2) is 5.96 Å². The van der Waals surface area contributed by atoms with Gasteiger partial charge in [0.2, 0.25) is 0 Å². The van der Waals surface area contributed by atoms with Crippen molar-refractivity contribution in [1.82, 2.24) is 10.6 Å². The second-order valence-electron chi connectivity index (χ2n) is 7.29. The molecule has 1 aliphatic rings. The van der Waals surface area contributed by atoms with Gasteiger partial charge in [-0.2, -0.15) is 0 Å². The lowest BCUT2D eigenvalue weighted by Crippen LogP contribution is -2.39. The van der Waals surface area contributed by atoms with Crippen molar-refractivity contribution in [2.45, 2.75) is 57.8 Å². The summed E-state index contributed by atoms with van der Waals surface area (Å²) in [6, 6.07) is 10.0. The van der Waals surface area contributed by atoms with Crippen LogP contribution in [-0.4, -0.2) is 48.3 Å². The van der Waals surface area contributed by atoms with E-state index in [0.717, 1.165) is 37.6 Å². The summed E-state index contributed by atoms with van der Waals surface area (Å²) in [5, 5.41) is 6.60. The lowest BCUT2D eigenvalue weighted by atomic mass is 9.98. The van der Waals surface area contributed by atoms with Gasteiger partial charge in [-0.25, -0.2) is 0 Å². The highest BCUT2D eigenvalue weighted by molar-refractivity contribution is 14.0. The molecule has 1 aromatic carbocycles. The van der Waals surface area contributed by atoms with Crippen molar-refractivity contribution >= 4 is 40.7 Å². The number of nitrogens with one attached hydrogen (secondary N) is 2. The Kier molecular flexibility index (Phi) is 14.6. The number of guanidine groups is 1. The first-order chi connectivity index (χ1) is 13.7. The fourth-order valence-electron chi connectivity index (χ4n) is 3.76. The van der Waals surface area contributed by atoms with E-state index in [2.05, 4.69) is 24.5 Å². The van der Waals surface area contributed by atoms with E-state index < -0.39 is 10.8 Å². The van der Waals surface area contributed by atoms with Crippen molar-refractivity contribution in [3.63, 3.8) is 0 Å². The Morgan fingerprint density at radius 1 is 1.21 bits per heavy atom. The first kappa shape index (κ1) is 26.4. The van der Waals surface area contributed by atoms with E-state index in [9.17, 15) is 4.21 Å². The van der Waals surface area contributed by atoms with Gasteiger partial charge >= 0.3 is 0 Å². The molecule has 2 rings (SSSR count). The molecule has 5 nitrogen and oxygen atoms in total. The number of nitrogens with zero attached hydrogens (tertiary/aromatic N) is 1. The molecule has 166 valence electrons. The first-order valence-corrected chi connectivity index (χ1v) is 12.2. The molecule has 2 unspecified atom stereocenters. The van der Waals surface area contributed by atoms with Crippen LogP contribution in [0.15, 0.2) is 35.3 Å². The fourth-order valence-corrected chi connectivity index (χ4v) is 4.80. The van der Waals surface area contributed by atoms with E-state index >= 15 is 0 Å². The van der Waals surface area contributed by atoms with Crippen LogP contribution in [0.1, 0.15) is 51.5 Å². The summed E-state index contributed by atoms with van der Waals surface area (Å²) < 4.78 is 18.3. The topological polar surface area (TPSA) is 62.7 Å². The standard InChI is InChI=1S/C22H37N3O2S.HI/c1-3-23-22(24-15-14-21(27-4-2)20-12-8-9-13-20)25-16-17-28(26)18-19-10-6-5-7-11-19;/h5-7,10-11,20-21H,3-4,8-9,12-18H2,1-2H3,(H2,23,24,25);1H. The van der Waals surface area contributed by atoms with E-state index in [0.29, 0.717) is 30.1 Å². The Morgan fingerprint density at radius 2 is 1.93 bits per heavy atom. The molecule has 1 saturated carbocycles. The summed E-state index contributed by atoms with van der Waals surface area (Å²) in [5.74, 6) is 2.73. The average Bonchev–Trinajstić information content (AvgIpc) is 3.23. The van der Waals surface area contributed by atoms with Gasteiger partial charge in [0.05, 0.1) is 6.10 Å². The molecule has 0 spiro atoms. The van der Waals surface area contributed by atoms with Crippen molar-refractivity contribution in [3.8, 4) is 0 Å². The molecule has 0 saturated heterocycles. The van der Waals surface area contributed by atoms with Crippen LogP contribution in [0.5, 0.6) is 0 Å². The number of benzene rings is 1. The summed E-state index contributed by atoms with van der Waals surface area (Å²) in [6.07, 6.45) is 6.55. The van der Waals surface area contributed by atoms with Crippen molar-refractivity contribution < 1.29 is 8.95 Å². The monoisotopic (exact) mass is 535 g/mol. The third-order valence-corrected chi connectivity index (χ3v) is 6.44. The molecule has 29 heavy (non-hydrogen) atoms. The molecular weight excluding hydrogens is 497 g/mol. The zero-order valence-electron chi connectivity index (χ0n) is 17.9. The van der Waals surface area contributed by atoms with Gasteiger partial charge in [0, 0.05) is 48.5 Å². The smallest absolute Gasteiger partial charge is 0.191 e. The van der Waals surface area contributed by atoms with Crippen LogP contribution in [0.4, 0.5) is 0 Å². The first-order valence-electron chi connectivity index (χ1n) is 10.8. The summed E-state index contributed by atoms with van der Waals surface area (Å²) in [7, 11) is -0.874. The lowest BCUT2D eigenvalue weighted by Gasteiger charge is -2.22. The van der Waals surface area contributed by atoms with Crippen LogP contribution >= 0.6 is 24.0 Å². The molecule has 0 bridgehead atoms. The maximum absolute atomic E-state index is 12.3. The van der Waals surface area contributed by atoms with Gasteiger partial charge in [0.1, 0.15) is 0 Å². The second-order valence-corrected chi connectivity index (χ2v) is 8.86. The Balaban J connectivity index is 0.00000420. The van der Waals surface area contributed by atoms with Gasteiger partial charge in [-0.05, 0) is 44.6 Å². The minimum Gasteiger partial charge on any atom is -0.378 e. The quantitative estimate of drug-likeness (QED) is 0.241. The van der Waals surface area contributed by atoms with Crippen molar-refractivity contribution in [2.75, 3.05) is 32.0 Å². The van der Waals surface area contributed by atoms with E-state index in [1.165, 1.54) is 25.7 Å². The van der Waals surface area contributed by atoms with Gasteiger partial charge in [0.25, 0.3) is 0 Å². The number of hydrogen-bond acceptors (Lipinski definition) is 3. The van der Waals surface area contributed by atoms with Gasteiger partial charge in [-0.3, -0.25) is 9.20 Å². The number of aliphatic imine (C=N–C) groups is 1. The molecule has 0 heterocycles. The van der Waals surface area contributed by atoms with Crippen LogP contribution in [0.2, 0.25) is 0 Å². The van der Waals surface area contributed by atoms with E-state index in [4.69, 9.17) is 9.73 Å². The van der Waals surface area contributed by atoms with Crippen LogP contribution in [0.3, 0.4) is 0 Å². The van der Waals surface area contributed by atoms with Gasteiger partial charge in [-0.1, -0.05) is 43.2 Å². The summed E-state index contributed by atoms with van der Waals surface area (Å²) in [4.78, 5) is 4.70. The van der Waals surface area contributed by atoms with Crippen molar-refractivity contribution in [3.05, 3.63) is 35.9 Å².